The Morgan fingerprint density at radius 1 is 0.854 bits per heavy atom. The van der Waals surface area contributed by atoms with Gasteiger partial charge in [0.05, 0.1) is 31.9 Å². The number of aliphatic hydroxyl groups is 2. The highest BCUT2D eigenvalue weighted by Crippen LogP contribution is 2.38. The first-order valence-corrected chi connectivity index (χ1v) is 14.4. The lowest BCUT2D eigenvalue weighted by Crippen LogP contribution is -2.20. The van der Waals surface area contributed by atoms with Crippen LogP contribution in [0.5, 0.6) is 11.5 Å². The van der Waals surface area contributed by atoms with Gasteiger partial charge in [-0.15, -0.1) is 0 Å². The zero-order valence-corrected chi connectivity index (χ0v) is 25.3. The number of ether oxygens (including phenoxy) is 1. The Balaban J connectivity index is 0.000000154. The third kappa shape index (κ3) is 6.87. The number of halogens is 2. The summed E-state index contributed by atoms with van der Waals surface area (Å²) in [5, 5.41) is 41.6. The van der Waals surface area contributed by atoms with Crippen molar-refractivity contribution >= 4 is 40.0 Å². The number of aromatic amines is 2. The molecule has 0 saturated carbocycles. The molecule has 1 amide bonds. The van der Waals surface area contributed by atoms with E-state index in [4.69, 9.17) is 10.2 Å². The number of rotatable bonds is 5. The number of aromatic hydroxyl groups is 2. The molecule has 48 heavy (non-hydrogen) atoms. The van der Waals surface area contributed by atoms with Crippen LogP contribution in [0, 0.1) is 11.6 Å². The van der Waals surface area contributed by atoms with Gasteiger partial charge in [-0.1, -0.05) is 0 Å². The number of benzene rings is 4. The van der Waals surface area contributed by atoms with Crippen LogP contribution in [0.25, 0.3) is 21.8 Å². The molecule has 6 aromatic rings. The van der Waals surface area contributed by atoms with E-state index in [2.05, 4.69) is 20.0 Å². The van der Waals surface area contributed by atoms with Gasteiger partial charge in [0.15, 0.2) is 6.29 Å². The molecule has 7 rings (SSSR count). The van der Waals surface area contributed by atoms with E-state index >= 15 is 0 Å². The van der Waals surface area contributed by atoms with Gasteiger partial charge in [-0.05, 0) is 89.8 Å². The molecule has 2 aromatic heterocycles. The minimum Gasteiger partial charge on any atom is -0.508 e. The van der Waals surface area contributed by atoms with Gasteiger partial charge < -0.3 is 40.4 Å². The number of aldehydes is 1. The number of esters is 1. The molecule has 11 nitrogen and oxygen atoms in total. The van der Waals surface area contributed by atoms with Crippen LogP contribution < -0.4 is 5.32 Å². The Bertz CT molecular complexity index is 2160. The fourth-order valence-corrected chi connectivity index (χ4v) is 5.40. The third-order valence-corrected chi connectivity index (χ3v) is 7.57. The van der Waals surface area contributed by atoms with Crippen LogP contribution in [0.4, 0.5) is 8.78 Å². The number of hydrogen-bond acceptors (Lipinski definition) is 8. The lowest BCUT2D eigenvalue weighted by molar-refractivity contribution is 0.0598. The van der Waals surface area contributed by atoms with Gasteiger partial charge in [-0.25, -0.2) is 13.6 Å². The quantitative estimate of drug-likeness (QED) is 0.0983. The number of carbonyl (C=O) groups is 3. The minimum absolute atomic E-state index is 0.0453. The number of phenolic OH excluding ortho intramolecular Hbond substituents is 2. The van der Waals surface area contributed by atoms with Crippen LogP contribution in [0.15, 0.2) is 78.9 Å². The first kappa shape index (κ1) is 33.3. The summed E-state index contributed by atoms with van der Waals surface area (Å²) in [7, 11) is 1.23. The van der Waals surface area contributed by atoms with Gasteiger partial charge in [0.25, 0.3) is 5.91 Å². The average Bonchev–Trinajstić information content (AvgIpc) is 3.76. The Labute approximate surface area is 271 Å². The molecule has 0 bridgehead atoms. The van der Waals surface area contributed by atoms with E-state index < -0.39 is 12.0 Å². The van der Waals surface area contributed by atoms with Gasteiger partial charge in [0, 0.05) is 44.5 Å². The van der Waals surface area contributed by atoms with Gasteiger partial charge in [0.1, 0.15) is 23.1 Å². The number of methoxy groups -OCH3 is 1. The topological polar surface area (TPSA) is 185 Å². The van der Waals surface area contributed by atoms with Crippen LogP contribution >= 0.6 is 0 Å². The maximum Gasteiger partial charge on any atom is 0.338 e. The molecule has 1 unspecified atom stereocenters. The highest BCUT2D eigenvalue weighted by Gasteiger charge is 2.33. The van der Waals surface area contributed by atoms with E-state index in [1.54, 1.807) is 24.3 Å². The lowest BCUT2D eigenvalue weighted by Gasteiger charge is -2.13. The second-order valence-corrected chi connectivity index (χ2v) is 10.6. The zero-order chi connectivity index (χ0) is 34.5. The highest BCUT2D eigenvalue weighted by molar-refractivity contribution is 6.01. The second-order valence-electron chi connectivity index (χ2n) is 10.6. The standard InChI is InChI=1S/C17H13FN2O3.C9H8FNO.C9H8O4/c18-8-1-3-11-13(5-8)19-14(7-21)15(11)16-12-6-9(22)2-4-10(12)17(23)20-16;10-7-2-1-6-3-8(5-12)11-9(6)4-7;1-13-9(12)8-3-2-7(11)4-6(8)5-10/h1-6,16,19,21-22H,7H2,(H,20,23);1-4,11-12H,5H2;2-5,11H,1H3. The summed E-state index contributed by atoms with van der Waals surface area (Å²) < 4.78 is 30.5. The van der Waals surface area contributed by atoms with E-state index in [0.717, 1.165) is 16.3 Å². The van der Waals surface area contributed by atoms with Crippen LogP contribution in [-0.2, 0) is 18.0 Å². The van der Waals surface area contributed by atoms with Crippen molar-refractivity contribution in [3.8, 4) is 11.5 Å². The van der Waals surface area contributed by atoms with Gasteiger partial charge in [-0.2, -0.15) is 0 Å². The van der Waals surface area contributed by atoms with Crippen LogP contribution in [0.2, 0.25) is 0 Å². The van der Waals surface area contributed by atoms with Gasteiger partial charge in [0.2, 0.25) is 0 Å². The SMILES string of the molecule is COC(=O)c1ccc(O)cc1C=O.O=C1NC(c2c(CO)[nH]c3cc(F)ccc23)c2cc(O)ccc21.OCc1cc2ccc(F)cc2[nH]1. The normalized spacial score (nSPS) is 13.2. The number of phenols is 2. The number of fused-ring (bicyclic) bond motifs is 3. The number of nitrogens with one attached hydrogen (secondary N) is 3. The van der Waals surface area contributed by atoms with Gasteiger partial charge in [-0.3, -0.25) is 9.59 Å². The first-order valence-electron chi connectivity index (χ1n) is 14.4. The molecule has 0 fully saturated rings. The fourth-order valence-electron chi connectivity index (χ4n) is 5.40. The van der Waals surface area contributed by atoms with Crippen LogP contribution in [0.1, 0.15) is 59.6 Å². The van der Waals surface area contributed by atoms with E-state index in [1.807, 2.05) is 0 Å². The molecular formula is C35H29F2N3O8. The van der Waals surface area contributed by atoms with Crippen molar-refractivity contribution in [2.24, 2.45) is 0 Å². The molecule has 0 spiro atoms. The molecule has 1 atom stereocenters. The maximum atomic E-state index is 13.4. The Hall–Kier alpha value is -6.05. The minimum atomic E-state index is -0.595. The number of amides is 1. The Morgan fingerprint density at radius 2 is 1.54 bits per heavy atom. The highest BCUT2D eigenvalue weighted by atomic mass is 19.1. The molecule has 1 aliphatic heterocycles. The Kier molecular flexibility index (Phi) is 9.83. The summed E-state index contributed by atoms with van der Waals surface area (Å²) in [6.07, 6.45) is 0.492. The zero-order valence-electron chi connectivity index (χ0n) is 25.3. The summed E-state index contributed by atoms with van der Waals surface area (Å²) in [4.78, 5) is 39.6. The van der Waals surface area contributed by atoms with E-state index in [9.17, 15) is 33.4 Å². The molecular weight excluding hydrogens is 628 g/mol. The second kappa shape index (κ2) is 14.2. The molecule has 4 aromatic carbocycles. The monoisotopic (exact) mass is 657 g/mol. The van der Waals surface area contributed by atoms with Crippen molar-refractivity contribution in [1.29, 1.82) is 0 Å². The molecule has 1 aliphatic rings. The van der Waals surface area contributed by atoms with Crippen molar-refractivity contribution in [2.45, 2.75) is 19.3 Å². The molecule has 0 saturated heterocycles. The number of H-pyrrole nitrogens is 2. The predicted octanol–water partition coefficient (Wildman–Crippen LogP) is 5.13. The van der Waals surface area contributed by atoms with Crippen molar-refractivity contribution in [1.82, 2.24) is 15.3 Å². The molecule has 0 aliphatic carbocycles. The number of aromatic nitrogens is 2. The predicted molar refractivity (Wildman–Crippen MR) is 171 cm³/mol. The summed E-state index contributed by atoms with van der Waals surface area (Å²) in [5.74, 6) is -1.50. The van der Waals surface area contributed by atoms with E-state index in [0.29, 0.717) is 39.9 Å². The number of aliphatic hydroxyl groups excluding tert-OH is 2. The number of hydrogen-bond donors (Lipinski definition) is 7. The largest absolute Gasteiger partial charge is 0.508 e. The van der Waals surface area contributed by atoms with E-state index in [1.165, 1.54) is 61.7 Å². The maximum absolute atomic E-state index is 13.4. The van der Waals surface area contributed by atoms with Crippen molar-refractivity contribution in [3.63, 3.8) is 0 Å². The van der Waals surface area contributed by atoms with Crippen molar-refractivity contribution in [3.05, 3.63) is 130 Å². The van der Waals surface area contributed by atoms with Gasteiger partial charge >= 0.3 is 5.97 Å². The average molecular weight is 658 g/mol. The summed E-state index contributed by atoms with van der Waals surface area (Å²) in [6, 6.07) is 18.5. The molecule has 7 N–H and O–H groups in total. The molecule has 13 heteroatoms. The molecule has 0 radical (unpaired) electrons. The van der Waals surface area contributed by atoms with Crippen LogP contribution in [0.3, 0.4) is 0 Å². The third-order valence-electron chi connectivity index (χ3n) is 7.57. The first-order chi connectivity index (χ1) is 23.1. The number of carbonyl (C=O) groups excluding carboxylic acids is 3. The lowest BCUT2D eigenvalue weighted by atomic mass is 9.95. The molecule has 3 heterocycles. The molecule has 246 valence electrons. The van der Waals surface area contributed by atoms with Crippen molar-refractivity contribution in [2.75, 3.05) is 7.11 Å². The van der Waals surface area contributed by atoms with E-state index in [-0.39, 0.29) is 53.4 Å². The fraction of sp³-hybridized carbons (Fsp3) is 0.114. The summed E-state index contributed by atoms with van der Waals surface area (Å²) in [6.45, 7) is -0.317. The summed E-state index contributed by atoms with van der Waals surface area (Å²) >= 11 is 0. The summed E-state index contributed by atoms with van der Waals surface area (Å²) in [5.41, 5.74) is 4.54. The smallest absolute Gasteiger partial charge is 0.338 e. The van der Waals surface area contributed by atoms with Crippen molar-refractivity contribution < 1.29 is 48.3 Å². The Morgan fingerprint density at radius 3 is 2.23 bits per heavy atom. The van der Waals surface area contributed by atoms with Crippen LogP contribution in [-0.4, -0.2) is 55.7 Å².